The Kier molecular flexibility index (Phi) is 8.96. The molecule has 6 nitrogen and oxygen atoms in total. The van der Waals surface area contributed by atoms with Crippen molar-refractivity contribution in [1.82, 2.24) is 15.5 Å². The van der Waals surface area contributed by atoms with Gasteiger partial charge in [-0.25, -0.2) is 0 Å². The molecule has 0 spiro atoms. The Hall–Kier alpha value is -2.57. The first-order chi connectivity index (χ1) is 13.9. The van der Waals surface area contributed by atoms with Crippen molar-refractivity contribution in [3.63, 3.8) is 0 Å². The summed E-state index contributed by atoms with van der Waals surface area (Å²) in [6.45, 7) is 2.67. The van der Waals surface area contributed by atoms with Crippen molar-refractivity contribution in [3.05, 3.63) is 69.7 Å². The Labute approximate surface area is 180 Å². The highest BCUT2D eigenvalue weighted by molar-refractivity contribution is 6.33. The zero-order valence-electron chi connectivity index (χ0n) is 16.1. The number of likely N-dealkylation sites (N-methyl/N-ethyl adjacent to an activating group) is 1. The molecule has 0 saturated carbocycles. The van der Waals surface area contributed by atoms with Crippen LogP contribution in [0.25, 0.3) is 0 Å². The van der Waals surface area contributed by atoms with Crippen LogP contribution in [0.15, 0.2) is 48.5 Å². The van der Waals surface area contributed by atoms with Gasteiger partial charge in [0.2, 0.25) is 11.8 Å². The number of nitrogens with zero attached hydrogens (tertiary/aromatic N) is 1. The van der Waals surface area contributed by atoms with E-state index in [0.29, 0.717) is 28.7 Å². The number of rotatable bonds is 9. The fourth-order valence-corrected chi connectivity index (χ4v) is 2.94. The Morgan fingerprint density at radius 1 is 0.966 bits per heavy atom. The molecule has 0 atom stereocenters. The molecule has 29 heavy (non-hydrogen) atoms. The minimum atomic E-state index is -0.341. The summed E-state index contributed by atoms with van der Waals surface area (Å²) in [4.78, 5) is 38.1. The fraction of sp³-hybridized carbons (Fsp3) is 0.286. The van der Waals surface area contributed by atoms with Gasteiger partial charge in [0.1, 0.15) is 0 Å². The van der Waals surface area contributed by atoms with Gasteiger partial charge in [-0.15, -0.1) is 0 Å². The van der Waals surface area contributed by atoms with E-state index in [9.17, 15) is 14.4 Å². The van der Waals surface area contributed by atoms with E-state index < -0.39 is 0 Å². The number of benzene rings is 2. The van der Waals surface area contributed by atoms with Crippen molar-refractivity contribution in [2.45, 2.75) is 19.9 Å². The molecule has 0 aliphatic heterocycles. The third-order valence-corrected chi connectivity index (χ3v) is 4.80. The van der Waals surface area contributed by atoms with Crippen LogP contribution in [0, 0.1) is 0 Å². The lowest BCUT2D eigenvalue weighted by molar-refractivity contribution is -0.135. The number of amides is 3. The van der Waals surface area contributed by atoms with Crippen LogP contribution in [0.1, 0.15) is 29.3 Å². The Balaban J connectivity index is 1.76. The molecule has 0 bridgehead atoms. The summed E-state index contributed by atoms with van der Waals surface area (Å²) in [6.07, 6.45) is 0.0918. The van der Waals surface area contributed by atoms with Crippen molar-refractivity contribution >= 4 is 40.9 Å². The van der Waals surface area contributed by atoms with Gasteiger partial charge in [-0.2, -0.15) is 0 Å². The van der Waals surface area contributed by atoms with Gasteiger partial charge in [0.05, 0.1) is 17.1 Å². The smallest absolute Gasteiger partial charge is 0.252 e. The predicted octanol–water partition coefficient (Wildman–Crippen LogP) is 3.28. The van der Waals surface area contributed by atoms with E-state index in [1.807, 2.05) is 12.1 Å². The van der Waals surface area contributed by atoms with Gasteiger partial charge in [-0.05, 0) is 36.8 Å². The molecule has 0 heterocycles. The number of nitrogens with one attached hydrogen (secondary N) is 2. The predicted molar refractivity (Wildman–Crippen MR) is 114 cm³/mol. The van der Waals surface area contributed by atoms with Crippen LogP contribution in [0.5, 0.6) is 0 Å². The minimum absolute atomic E-state index is 0.0403. The molecule has 2 rings (SSSR count). The lowest BCUT2D eigenvalue weighted by Gasteiger charge is -2.20. The van der Waals surface area contributed by atoms with E-state index >= 15 is 0 Å². The van der Waals surface area contributed by atoms with Gasteiger partial charge in [0.25, 0.3) is 5.91 Å². The maximum atomic E-state index is 12.4. The summed E-state index contributed by atoms with van der Waals surface area (Å²) >= 11 is 11.8. The van der Waals surface area contributed by atoms with Crippen molar-refractivity contribution < 1.29 is 14.4 Å². The number of halogens is 2. The largest absolute Gasteiger partial charge is 0.351 e. The number of hydrogen-bond donors (Lipinski definition) is 2. The summed E-state index contributed by atoms with van der Waals surface area (Å²) < 4.78 is 0. The minimum Gasteiger partial charge on any atom is -0.351 e. The second-order valence-corrected chi connectivity index (χ2v) is 7.14. The molecule has 0 aliphatic carbocycles. The highest BCUT2D eigenvalue weighted by Crippen LogP contribution is 2.14. The van der Waals surface area contributed by atoms with E-state index in [2.05, 4.69) is 10.6 Å². The summed E-state index contributed by atoms with van der Waals surface area (Å²) in [7, 11) is 0. The van der Waals surface area contributed by atoms with Gasteiger partial charge in [-0.3, -0.25) is 14.4 Å². The lowest BCUT2D eigenvalue weighted by Crippen LogP contribution is -2.41. The van der Waals surface area contributed by atoms with Crippen molar-refractivity contribution in [2.24, 2.45) is 0 Å². The van der Waals surface area contributed by atoms with Crippen LogP contribution in [0.3, 0.4) is 0 Å². The number of carbonyl (C=O) groups is 3. The second-order valence-electron chi connectivity index (χ2n) is 6.30. The molecule has 0 fully saturated rings. The van der Waals surface area contributed by atoms with E-state index in [1.54, 1.807) is 43.3 Å². The molecule has 2 aromatic rings. The third kappa shape index (κ3) is 7.40. The van der Waals surface area contributed by atoms with Gasteiger partial charge in [-0.1, -0.05) is 47.5 Å². The van der Waals surface area contributed by atoms with Gasteiger partial charge >= 0.3 is 0 Å². The maximum absolute atomic E-state index is 12.4. The molecule has 2 aromatic carbocycles. The average molecular weight is 436 g/mol. The van der Waals surface area contributed by atoms with E-state index in [0.717, 1.165) is 5.56 Å². The first kappa shape index (κ1) is 22.7. The zero-order valence-corrected chi connectivity index (χ0v) is 17.6. The van der Waals surface area contributed by atoms with Crippen molar-refractivity contribution in [1.29, 1.82) is 0 Å². The van der Waals surface area contributed by atoms with Crippen LogP contribution in [0.4, 0.5) is 0 Å². The lowest BCUT2D eigenvalue weighted by atomic mass is 10.2. The molecule has 0 saturated heterocycles. The fourth-order valence-electron chi connectivity index (χ4n) is 2.59. The van der Waals surface area contributed by atoms with Crippen molar-refractivity contribution in [2.75, 3.05) is 19.6 Å². The van der Waals surface area contributed by atoms with E-state index in [4.69, 9.17) is 23.2 Å². The third-order valence-electron chi connectivity index (χ3n) is 4.21. The molecule has 0 radical (unpaired) electrons. The SMILES string of the molecule is CCN(CC(=O)NCc1ccc(Cl)cc1)C(=O)CCNC(=O)c1ccccc1Cl. The summed E-state index contributed by atoms with van der Waals surface area (Å²) in [5, 5.41) is 6.43. The molecule has 0 aromatic heterocycles. The molecule has 154 valence electrons. The van der Waals surface area contributed by atoms with Crippen LogP contribution in [-0.2, 0) is 16.1 Å². The molecule has 2 N–H and O–H groups in total. The van der Waals surface area contributed by atoms with Crippen LogP contribution in [0.2, 0.25) is 10.0 Å². The van der Waals surface area contributed by atoms with Crippen molar-refractivity contribution in [3.8, 4) is 0 Å². The van der Waals surface area contributed by atoms with Gasteiger partial charge in [0.15, 0.2) is 0 Å². The van der Waals surface area contributed by atoms with Crippen LogP contribution >= 0.6 is 23.2 Å². The number of carbonyl (C=O) groups excluding carboxylic acids is 3. The zero-order chi connectivity index (χ0) is 21.2. The van der Waals surface area contributed by atoms with Crippen LogP contribution < -0.4 is 10.6 Å². The maximum Gasteiger partial charge on any atom is 0.252 e. The molecule has 3 amide bonds. The van der Waals surface area contributed by atoms with Gasteiger partial charge < -0.3 is 15.5 Å². The molecule has 0 unspecified atom stereocenters. The van der Waals surface area contributed by atoms with E-state index in [-0.39, 0.29) is 37.2 Å². The quantitative estimate of drug-likeness (QED) is 0.634. The van der Waals surface area contributed by atoms with Crippen LogP contribution in [-0.4, -0.2) is 42.3 Å². The average Bonchev–Trinajstić information content (AvgIpc) is 2.71. The summed E-state index contributed by atoms with van der Waals surface area (Å²) in [5.41, 5.74) is 1.27. The summed E-state index contributed by atoms with van der Waals surface area (Å²) in [5.74, 6) is -0.809. The highest BCUT2D eigenvalue weighted by Gasteiger charge is 2.16. The number of hydrogen-bond acceptors (Lipinski definition) is 3. The Morgan fingerprint density at radius 3 is 2.31 bits per heavy atom. The first-order valence-electron chi connectivity index (χ1n) is 9.22. The molecular weight excluding hydrogens is 413 g/mol. The highest BCUT2D eigenvalue weighted by atomic mass is 35.5. The topological polar surface area (TPSA) is 78.5 Å². The Bertz CT molecular complexity index is 857. The Morgan fingerprint density at radius 2 is 1.66 bits per heavy atom. The molecule has 8 heteroatoms. The standard InChI is InChI=1S/C21H23Cl2N3O3/c1-2-26(14-19(27)25-13-15-7-9-16(22)10-8-15)20(28)11-12-24-21(29)17-5-3-4-6-18(17)23/h3-10H,2,11-14H2,1H3,(H,24,29)(H,25,27). The van der Waals surface area contributed by atoms with Gasteiger partial charge in [0, 0.05) is 31.1 Å². The second kappa shape index (κ2) is 11.4. The van der Waals surface area contributed by atoms with E-state index in [1.165, 1.54) is 4.90 Å². The monoisotopic (exact) mass is 435 g/mol. The summed E-state index contributed by atoms with van der Waals surface area (Å²) in [6, 6.07) is 13.9. The molecule has 0 aliphatic rings. The first-order valence-corrected chi connectivity index (χ1v) is 9.98. The normalized spacial score (nSPS) is 10.3. The molecular formula is C21H23Cl2N3O3.